The molecule has 0 saturated carbocycles. The van der Waals surface area contributed by atoms with Crippen molar-refractivity contribution in [2.24, 2.45) is 13.0 Å². The quantitative estimate of drug-likeness (QED) is 0.588. The van der Waals surface area contributed by atoms with Crippen LogP contribution >= 0.6 is 23.2 Å². The Morgan fingerprint density at radius 1 is 1.09 bits per heavy atom. The van der Waals surface area contributed by atoms with Gasteiger partial charge < -0.3 is 9.47 Å². The van der Waals surface area contributed by atoms with Crippen molar-refractivity contribution >= 4 is 40.3 Å². The summed E-state index contributed by atoms with van der Waals surface area (Å²) in [7, 11) is 1.64. The fraction of sp³-hybridized carbons (Fsp3) is 0.500. The summed E-state index contributed by atoms with van der Waals surface area (Å²) < 4.78 is 3.38. The summed E-state index contributed by atoms with van der Waals surface area (Å²) >= 11 is 12.2. The standard InChI is InChI=1S/C22H28Cl2N6O2/c1-14(2)6-7-30-18-19(27(3)22(32)26-20(18)31)25-21(30)29-10-8-28(9-11-29)13-15-4-5-16(23)17(24)12-15/h4-5,12,14H,6-11,13H2,1-3H3,(H,26,31,32). The zero-order valence-electron chi connectivity index (χ0n) is 18.6. The fourth-order valence-electron chi connectivity index (χ4n) is 4.07. The highest BCUT2D eigenvalue weighted by molar-refractivity contribution is 6.42. The molecule has 3 heterocycles. The van der Waals surface area contributed by atoms with Crippen molar-refractivity contribution in [2.75, 3.05) is 31.1 Å². The minimum atomic E-state index is -0.450. The van der Waals surface area contributed by atoms with Crippen molar-refractivity contribution in [1.29, 1.82) is 0 Å². The smallest absolute Gasteiger partial charge is 0.329 e. The third-order valence-corrected chi connectivity index (χ3v) is 6.70. The number of hydrogen-bond acceptors (Lipinski definition) is 5. The van der Waals surface area contributed by atoms with E-state index in [9.17, 15) is 9.59 Å². The number of piperazine rings is 1. The highest BCUT2D eigenvalue weighted by atomic mass is 35.5. The van der Waals surface area contributed by atoms with Gasteiger partial charge in [-0.05, 0) is 30.0 Å². The molecule has 1 aliphatic heterocycles. The number of aromatic amines is 1. The zero-order valence-corrected chi connectivity index (χ0v) is 20.1. The summed E-state index contributed by atoms with van der Waals surface area (Å²) in [5, 5.41) is 1.13. The van der Waals surface area contributed by atoms with Crippen LogP contribution in [0.2, 0.25) is 10.0 Å². The summed E-state index contributed by atoms with van der Waals surface area (Å²) in [6, 6.07) is 5.74. The number of aromatic nitrogens is 4. The van der Waals surface area contributed by atoms with Crippen LogP contribution in [0.25, 0.3) is 11.2 Å². The highest BCUT2D eigenvalue weighted by Crippen LogP contribution is 2.25. The predicted molar refractivity (Wildman–Crippen MR) is 129 cm³/mol. The molecule has 0 spiro atoms. The molecule has 0 atom stereocenters. The molecular formula is C22H28Cl2N6O2. The van der Waals surface area contributed by atoms with E-state index in [1.165, 1.54) is 4.57 Å². The lowest BCUT2D eigenvalue weighted by Crippen LogP contribution is -2.47. The second kappa shape index (κ2) is 9.29. The van der Waals surface area contributed by atoms with Crippen LogP contribution in [0.5, 0.6) is 0 Å². The van der Waals surface area contributed by atoms with Crippen molar-refractivity contribution < 1.29 is 0 Å². The van der Waals surface area contributed by atoms with Gasteiger partial charge in [-0.1, -0.05) is 43.1 Å². The van der Waals surface area contributed by atoms with Gasteiger partial charge in [0.2, 0.25) is 5.95 Å². The van der Waals surface area contributed by atoms with Gasteiger partial charge >= 0.3 is 5.69 Å². The molecule has 32 heavy (non-hydrogen) atoms. The Morgan fingerprint density at radius 2 is 1.81 bits per heavy atom. The first-order chi connectivity index (χ1) is 15.2. The molecule has 1 aliphatic rings. The number of anilines is 1. The molecule has 1 aromatic carbocycles. The third-order valence-electron chi connectivity index (χ3n) is 5.96. The molecule has 0 unspecified atom stereocenters. The van der Waals surface area contributed by atoms with Crippen LogP contribution in [0.15, 0.2) is 27.8 Å². The zero-order chi connectivity index (χ0) is 23.0. The Morgan fingerprint density at radius 3 is 2.47 bits per heavy atom. The van der Waals surface area contributed by atoms with E-state index < -0.39 is 5.69 Å². The number of nitrogens with zero attached hydrogens (tertiary/aromatic N) is 5. The Balaban J connectivity index is 1.58. The number of hydrogen-bond donors (Lipinski definition) is 1. The van der Waals surface area contributed by atoms with Crippen LogP contribution in [-0.2, 0) is 20.1 Å². The average Bonchev–Trinajstić information content (AvgIpc) is 3.14. The predicted octanol–water partition coefficient (Wildman–Crippen LogP) is 3.10. The number of nitrogens with one attached hydrogen (secondary N) is 1. The molecule has 3 aromatic rings. The van der Waals surface area contributed by atoms with Crippen molar-refractivity contribution in [1.82, 2.24) is 24.0 Å². The molecule has 0 bridgehead atoms. The number of halogens is 2. The Labute approximate surface area is 196 Å². The molecule has 1 saturated heterocycles. The Bertz CT molecular complexity index is 1240. The maximum atomic E-state index is 12.6. The second-order valence-electron chi connectivity index (χ2n) is 8.75. The number of rotatable bonds is 6. The van der Waals surface area contributed by atoms with E-state index in [0.29, 0.717) is 33.7 Å². The van der Waals surface area contributed by atoms with E-state index in [-0.39, 0.29) is 5.56 Å². The molecule has 8 nitrogen and oxygen atoms in total. The summed E-state index contributed by atoms with van der Waals surface area (Å²) in [5.41, 5.74) is 1.17. The van der Waals surface area contributed by atoms with E-state index >= 15 is 0 Å². The molecule has 1 fully saturated rings. The van der Waals surface area contributed by atoms with Crippen molar-refractivity contribution in [2.45, 2.75) is 33.4 Å². The van der Waals surface area contributed by atoms with Crippen molar-refractivity contribution in [3.8, 4) is 0 Å². The molecule has 0 radical (unpaired) electrons. The van der Waals surface area contributed by atoms with Crippen LogP contribution in [-0.4, -0.2) is 50.2 Å². The molecule has 1 N–H and O–H groups in total. The fourth-order valence-corrected chi connectivity index (χ4v) is 4.39. The molecule has 2 aromatic heterocycles. The maximum Gasteiger partial charge on any atom is 0.329 e. The molecule has 0 amide bonds. The minimum absolute atomic E-state index is 0.385. The van der Waals surface area contributed by atoms with Gasteiger partial charge in [-0.25, -0.2) is 4.79 Å². The molecule has 0 aliphatic carbocycles. The van der Waals surface area contributed by atoms with Crippen molar-refractivity contribution in [3.63, 3.8) is 0 Å². The van der Waals surface area contributed by atoms with Gasteiger partial charge in [0.05, 0.1) is 10.0 Å². The van der Waals surface area contributed by atoms with E-state index in [0.717, 1.165) is 50.7 Å². The van der Waals surface area contributed by atoms with Crippen LogP contribution in [0.1, 0.15) is 25.8 Å². The lowest BCUT2D eigenvalue weighted by Gasteiger charge is -2.35. The monoisotopic (exact) mass is 478 g/mol. The van der Waals surface area contributed by atoms with Gasteiger partial charge in [0.1, 0.15) is 0 Å². The summed E-state index contributed by atoms with van der Waals surface area (Å²) in [6.07, 6.45) is 0.915. The topological polar surface area (TPSA) is 79.2 Å². The Kier molecular flexibility index (Phi) is 6.65. The number of fused-ring (bicyclic) bond motifs is 1. The van der Waals surface area contributed by atoms with Gasteiger partial charge in [0.15, 0.2) is 11.2 Å². The van der Waals surface area contributed by atoms with Gasteiger partial charge in [0, 0.05) is 46.3 Å². The number of imidazole rings is 1. The molecule has 10 heteroatoms. The Hall–Kier alpha value is -2.29. The van der Waals surface area contributed by atoms with E-state index in [2.05, 4.69) is 28.6 Å². The lowest BCUT2D eigenvalue weighted by atomic mass is 10.1. The first-order valence-electron chi connectivity index (χ1n) is 10.9. The lowest BCUT2D eigenvalue weighted by molar-refractivity contribution is 0.248. The van der Waals surface area contributed by atoms with Gasteiger partial charge in [0.25, 0.3) is 5.56 Å². The molecule has 172 valence electrons. The summed E-state index contributed by atoms with van der Waals surface area (Å²) in [6.45, 7) is 9.03. The van der Waals surface area contributed by atoms with Gasteiger partial charge in [-0.3, -0.25) is 19.2 Å². The second-order valence-corrected chi connectivity index (χ2v) is 9.56. The van der Waals surface area contributed by atoms with E-state index in [1.54, 1.807) is 7.05 Å². The molecular weight excluding hydrogens is 451 g/mol. The van der Waals surface area contributed by atoms with Crippen molar-refractivity contribution in [3.05, 3.63) is 54.6 Å². The van der Waals surface area contributed by atoms with Gasteiger partial charge in [-0.15, -0.1) is 0 Å². The first-order valence-corrected chi connectivity index (χ1v) is 11.6. The van der Waals surface area contributed by atoms with Crippen LogP contribution in [0, 0.1) is 5.92 Å². The highest BCUT2D eigenvalue weighted by Gasteiger charge is 2.25. The van der Waals surface area contributed by atoms with Crippen LogP contribution < -0.4 is 16.1 Å². The largest absolute Gasteiger partial charge is 0.340 e. The maximum absolute atomic E-state index is 12.6. The van der Waals surface area contributed by atoms with E-state index in [1.807, 2.05) is 22.8 Å². The van der Waals surface area contributed by atoms with Crippen LogP contribution in [0.4, 0.5) is 5.95 Å². The number of H-pyrrole nitrogens is 1. The number of benzene rings is 1. The SMILES string of the molecule is CC(C)CCn1c(N2CCN(Cc3ccc(Cl)c(Cl)c3)CC2)nc2c1c(=O)[nH]c(=O)n2C. The first kappa shape index (κ1) is 22.9. The normalized spacial score (nSPS) is 15.2. The average molecular weight is 479 g/mol. The van der Waals surface area contributed by atoms with Gasteiger partial charge in [-0.2, -0.15) is 4.98 Å². The summed E-state index contributed by atoms with van der Waals surface area (Å²) in [5.74, 6) is 1.23. The minimum Gasteiger partial charge on any atom is -0.340 e. The van der Waals surface area contributed by atoms with E-state index in [4.69, 9.17) is 28.2 Å². The molecule has 4 rings (SSSR count). The number of aryl methyl sites for hydroxylation is 2. The summed E-state index contributed by atoms with van der Waals surface area (Å²) in [4.78, 5) is 36.5. The third kappa shape index (κ3) is 4.58. The van der Waals surface area contributed by atoms with Crippen LogP contribution in [0.3, 0.4) is 0 Å².